The summed E-state index contributed by atoms with van der Waals surface area (Å²) in [4.78, 5) is 12.0. The van der Waals surface area contributed by atoms with Gasteiger partial charge < -0.3 is 14.8 Å². The van der Waals surface area contributed by atoms with Crippen molar-refractivity contribution in [1.82, 2.24) is 5.32 Å². The lowest BCUT2D eigenvalue weighted by atomic mass is 10.2. The second-order valence-corrected chi connectivity index (χ2v) is 5.42. The highest BCUT2D eigenvalue weighted by atomic mass is 35.5. The van der Waals surface area contributed by atoms with Crippen LogP contribution >= 0.6 is 11.6 Å². The van der Waals surface area contributed by atoms with Gasteiger partial charge in [-0.1, -0.05) is 11.6 Å². The highest BCUT2D eigenvalue weighted by molar-refractivity contribution is 6.30. The largest absolute Gasteiger partial charge is 0.497 e. The van der Waals surface area contributed by atoms with Crippen LogP contribution in [0.1, 0.15) is 17.3 Å². The number of benzene rings is 2. The zero-order chi connectivity index (χ0) is 16.8. The van der Waals surface area contributed by atoms with Gasteiger partial charge in [0.1, 0.15) is 23.9 Å². The van der Waals surface area contributed by atoms with Crippen molar-refractivity contribution in [3.8, 4) is 11.5 Å². The topological polar surface area (TPSA) is 47.6 Å². The number of amides is 1. The average molecular weight is 338 g/mol. The SMILES string of the molecule is COc1ccc(OCC(C)NC(=O)c2ccc(Cl)cc2F)cc1. The standard InChI is InChI=1S/C17H17ClFNO3/c1-11(10-23-14-6-4-13(22-2)5-7-14)20-17(21)15-8-3-12(18)9-16(15)19/h3-9,11H,10H2,1-2H3,(H,20,21). The van der Waals surface area contributed by atoms with Crippen molar-refractivity contribution in [2.45, 2.75) is 13.0 Å². The molecule has 2 aromatic carbocycles. The zero-order valence-electron chi connectivity index (χ0n) is 12.8. The molecule has 0 radical (unpaired) electrons. The van der Waals surface area contributed by atoms with E-state index in [9.17, 15) is 9.18 Å². The quantitative estimate of drug-likeness (QED) is 0.874. The van der Waals surface area contributed by atoms with Crippen LogP contribution in [0.15, 0.2) is 42.5 Å². The van der Waals surface area contributed by atoms with E-state index in [1.165, 1.54) is 12.1 Å². The van der Waals surface area contributed by atoms with Crippen LogP contribution in [0.3, 0.4) is 0 Å². The smallest absolute Gasteiger partial charge is 0.254 e. The number of methoxy groups -OCH3 is 1. The van der Waals surface area contributed by atoms with E-state index in [1.54, 1.807) is 38.3 Å². The second kappa shape index (κ2) is 7.83. The van der Waals surface area contributed by atoms with E-state index < -0.39 is 11.7 Å². The zero-order valence-corrected chi connectivity index (χ0v) is 13.6. The third-order valence-corrected chi connectivity index (χ3v) is 3.35. The van der Waals surface area contributed by atoms with Crippen LogP contribution < -0.4 is 14.8 Å². The molecule has 0 heterocycles. The van der Waals surface area contributed by atoms with Gasteiger partial charge in [-0.25, -0.2) is 4.39 Å². The first-order valence-corrected chi connectivity index (χ1v) is 7.40. The summed E-state index contributed by atoms with van der Waals surface area (Å²) < 4.78 is 24.3. The van der Waals surface area contributed by atoms with Crippen LogP contribution in [0, 0.1) is 5.82 Å². The van der Waals surface area contributed by atoms with Crippen LogP contribution in [-0.4, -0.2) is 25.7 Å². The third-order valence-electron chi connectivity index (χ3n) is 3.11. The highest BCUT2D eigenvalue weighted by Gasteiger charge is 2.14. The van der Waals surface area contributed by atoms with Crippen molar-refractivity contribution in [1.29, 1.82) is 0 Å². The van der Waals surface area contributed by atoms with Crippen LogP contribution in [-0.2, 0) is 0 Å². The Labute approximate surface area is 139 Å². The molecule has 0 saturated heterocycles. The summed E-state index contributed by atoms with van der Waals surface area (Å²) in [6, 6.07) is 10.7. The van der Waals surface area contributed by atoms with Crippen molar-refractivity contribution in [2.24, 2.45) is 0 Å². The fourth-order valence-corrected chi connectivity index (χ4v) is 2.07. The summed E-state index contributed by atoms with van der Waals surface area (Å²) >= 11 is 5.67. The summed E-state index contributed by atoms with van der Waals surface area (Å²) in [6.45, 7) is 2.03. The molecule has 0 bridgehead atoms. The molecule has 2 rings (SSSR count). The van der Waals surface area contributed by atoms with E-state index in [1.807, 2.05) is 0 Å². The molecule has 1 N–H and O–H groups in total. The number of nitrogens with one attached hydrogen (secondary N) is 1. The van der Waals surface area contributed by atoms with Gasteiger partial charge >= 0.3 is 0 Å². The molecule has 1 unspecified atom stereocenters. The van der Waals surface area contributed by atoms with Gasteiger partial charge in [0.15, 0.2) is 0 Å². The Morgan fingerprint density at radius 1 is 1.22 bits per heavy atom. The van der Waals surface area contributed by atoms with Gasteiger partial charge in [0, 0.05) is 5.02 Å². The first-order valence-electron chi connectivity index (χ1n) is 7.02. The lowest BCUT2D eigenvalue weighted by Gasteiger charge is -2.15. The van der Waals surface area contributed by atoms with Crippen molar-refractivity contribution in [3.05, 3.63) is 58.9 Å². The van der Waals surface area contributed by atoms with E-state index in [-0.39, 0.29) is 23.2 Å². The van der Waals surface area contributed by atoms with Crippen molar-refractivity contribution < 1.29 is 18.7 Å². The van der Waals surface area contributed by atoms with Crippen molar-refractivity contribution in [2.75, 3.05) is 13.7 Å². The fourth-order valence-electron chi connectivity index (χ4n) is 1.91. The van der Waals surface area contributed by atoms with Crippen molar-refractivity contribution >= 4 is 17.5 Å². The molecule has 0 aliphatic heterocycles. The Morgan fingerprint density at radius 2 is 1.87 bits per heavy atom. The minimum absolute atomic E-state index is 0.0503. The summed E-state index contributed by atoms with van der Waals surface area (Å²) in [7, 11) is 1.59. The Bertz CT molecular complexity index is 676. The Morgan fingerprint density at radius 3 is 2.48 bits per heavy atom. The van der Waals surface area contributed by atoms with Gasteiger partial charge in [0.05, 0.1) is 18.7 Å². The van der Waals surface area contributed by atoms with Crippen LogP contribution in [0.5, 0.6) is 11.5 Å². The molecule has 4 nitrogen and oxygen atoms in total. The van der Waals surface area contributed by atoms with Gasteiger partial charge in [-0.3, -0.25) is 4.79 Å². The van der Waals surface area contributed by atoms with E-state index in [4.69, 9.17) is 21.1 Å². The van der Waals surface area contributed by atoms with E-state index in [2.05, 4.69) is 5.32 Å². The first kappa shape index (κ1) is 17.1. The molecule has 122 valence electrons. The normalized spacial score (nSPS) is 11.7. The van der Waals surface area contributed by atoms with Crippen molar-refractivity contribution in [3.63, 3.8) is 0 Å². The molecule has 2 aromatic rings. The number of rotatable bonds is 6. The number of carbonyl (C=O) groups is 1. The van der Waals surface area contributed by atoms with E-state index in [0.717, 1.165) is 11.8 Å². The molecule has 0 fully saturated rings. The van der Waals surface area contributed by atoms with E-state index >= 15 is 0 Å². The predicted octanol–water partition coefficient (Wildman–Crippen LogP) is 3.69. The summed E-state index contributed by atoms with van der Waals surface area (Å²) in [5.41, 5.74) is -0.0503. The molecule has 0 aliphatic rings. The minimum atomic E-state index is -0.654. The molecule has 6 heteroatoms. The number of ether oxygens (including phenoxy) is 2. The van der Waals surface area contributed by atoms with Crippen LogP contribution in [0.4, 0.5) is 4.39 Å². The first-order chi connectivity index (χ1) is 11.0. The fraction of sp³-hybridized carbons (Fsp3) is 0.235. The third kappa shape index (κ3) is 4.86. The Hall–Kier alpha value is -2.27. The molecule has 0 saturated carbocycles. The van der Waals surface area contributed by atoms with Crippen LogP contribution in [0.2, 0.25) is 5.02 Å². The van der Waals surface area contributed by atoms with Gasteiger partial charge in [0.2, 0.25) is 0 Å². The van der Waals surface area contributed by atoms with Gasteiger partial charge in [0.25, 0.3) is 5.91 Å². The van der Waals surface area contributed by atoms with Gasteiger partial charge in [-0.05, 0) is 49.4 Å². The second-order valence-electron chi connectivity index (χ2n) is 4.99. The lowest BCUT2D eigenvalue weighted by Crippen LogP contribution is -2.37. The van der Waals surface area contributed by atoms with E-state index in [0.29, 0.717) is 5.75 Å². The number of carbonyl (C=O) groups excluding carboxylic acids is 1. The summed E-state index contributed by atoms with van der Waals surface area (Å²) in [5, 5.41) is 2.92. The molecule has 0 spiro atoms. The summed E-state index contributed by atoms with van der Waals surface area (Å²) in [5.74, 6) is 0.227. The lowest BCUT2D eigenvalue weighted by molar-refractivity contribution is 0.0922. The average Bonchev–Trinajstić information content (AvgIpc) is 2.53. The molecule has 1 atom stereocenters. The maximum Gasteiger partial charge on any atom is 0.254 e. The minimum Gasteiger partial charge on any atom is -0.497 e. The molecular formula is C17H17ClFNO3. The Balaban J connectivity index is 1.88. The maximum atomic E-state index is 13.7. The number of hydrogen-bond donors (Lipinski definition) is 1. The summed E-state index contributed by atoms with van der Waals surface area (Å²) in [6.07, 6.45) is 0. The highest BCUT2D eigenvalue weighted by Crippen LogP contribution is 2.17. The molecule has 23 heavy (non-hydrogen) atoms. The number of hydrogen-bond acceptors (Lipinski definition) is 3. The monoisotopic (exact) mass is 337 g/mol. The van der Waals surface area contributed by atoms with Gasteiger partial charge in [-0.15, -0.1) is 0 Å². The van der Waals surface area contributed by atoms with Gasteiger partial charge in [-0.2, -0.15) is 0 Å². The predicted molar refractivity (Wildman–Crippen MR) is 86.8 cm³/mol. The Kier molecular flexibility index (Phi) is 5.82. The number of halogens is 2. The van der Waals surface area contributed by atoms with Crippen LogP contribution in [0.25, 0.3) is 0 Å². The molecular weight excluding hydrogens is 321 g/mol. The molecule has 0 aliphatic carbocycles. The molecule has 0 aromatic heterocycles. The molecule has 1 amide bonds. The maximum absolute atomic E-state index is 13.7.